The quantitative estimate of drug-likeness (QED) is 0.817. The SMILES string of the molecule is CC(C)(C)OC(=O)N1CCN(c2nc(N)nc3scnc23)C2(CCC2)C1. The molecule has 8 nitrogen and oxygen atoms in total. The van der Waals surface area contributed by atoms with Crippen LogP contribution in [0.4, 0.5) is 16.6 Å². The number of nitrogens with two attached hydrogens (primary N) is 1. The highest BCUT2D eigenvalue weighted by atomic mass is 32.1. The van der Waals surface area contributed by atoms with Crippen LogP contribution < -0.4 is 10.6 Å². The van der Waals surface area contributed by atoms with E-state index in [2.05, 4.69) is 19.9 Å². The Bertz CT molecular complexity index is 841. The van der Waals surface area contributed by atoms with Gasteiger partial charge in [-0.2, -0.15) is 4.98 Å². The number of carbonyl (C=O) groups excluding carboxylic acids is 1. The largest absolute Gasteiger partial charge is 0.444 e. The molecule has 0 aromatic carbocycles. The highest BCUT2D eigenvalue weighted by molar-refractivity contribution is 7.16. The summed E-state index contributed by atoms with van der Waals surface area (Å²) < 4.78 is 5.57. The van der Waals surface area contributed by atoms with Crippen LogP contribution in [0.5, 0.6) is 0 Å². The van der Waals surface area contributed by atoms with Crippen LogP contribution in [0.2, 0.25) is 0 Å². The van der Waals surface area contributed by atoms with Gasteiger partial charge in [-0.05, 0) is 40.0 Å². The first-order valence-electron chi connectivity index (χ1n) is 8.90. The topological polar surface area (TPSA) is 97.5 Å². The van der Waals surface area contributed by atoms with Crippen molar-refractivity contribution >= 4 is 39.5 Å². The van der Waals surface area contributed by atoms with Crippen LogP contribution in [0.25, 0.3) is 10.3 Å². The number of ether oxygens (including phenoxy) is 1. The van der Waals surface area contributed by atoms with Gasteiger partial charge in [-0.25, -0.2) is 14.8 Å². The van der Waals surface area contributed by atoms with Crippen molar-refractivity contribution in [2.75, 3.05) is 30.3 Å². The fourth-order valence-corrected chi connectivity index (χ4v) is 4.41. The second kappa shape index (κ2) is 5.94. The number of fused-ring (bicyclic) bond motifs is 1. The number of nitrogen functional groups attached to an aromatic ring is 1. The summed E-state index contributed by atoms with van der Waals surface area (Å²) in [6, 6.07) is 0. The zero-order valence-electron chi connectivity index (χ0n) is 15.4. The molecular formula is C17H24N6O2S. The number of piperazine rings is 1. The monoisotopic (exact) mass is 376 g/mol. The molecule has 4 rings (SSSR count). The molecule has 1 amide bonds. The van der Waals surface area contributed by atoms with Crippen LogP contribution in [0, 0.1) is 0 Å². The molecule has 3 heterocycles. The third kappa shape index (κ3) is 2.94. The molecule has 0 atom stereocenters. The predicted octanol–water partition coefficient (Wildman–Crippen LogP) is 2.65. The van der Waals surface area contributed by atoms with Crippen molar-refractivity contribution in [2.45, 2.75) is 51.2 Å². The van der Waals surface area contributed by atoms with Crippen LogP contribution in [0.1, 0.15) is 40.0 Å². The Morgan fingerprint density at radius 2 is 2.08 bits per heavy atom. The van der Waals surface area contributed by atoms with Crippen molar-refractivity contribution < 1.29 is 9.53 Å². The lowest BCUT2D eigenvalue weighted by molar-refractivity contribution is 0.00925. The Labute approximate surface area is 156 Å². The van der Waals surface area contributed by atoms with E-state index < -0.39 is 5.60 Å². The molecule has 26 heavy (non-hydrogen) atoms. The normalized spacial score (nSPS) is 19.7. The molecule has 9 heteroatoms. The molecule has 1 aliphatic carbocycles. The van der Waals surface area contributed by atoms with Gasteiger partial charge < -0.3 is 20.3 Å². The van der Waals surface area contributed by atoms with Crippen molar-refractivity contribution in [2.24, 2.45) is 0 Å². The summed E-state index contributed by atoms with van der Waals surface area (Å²) in [5, 5.41) is 0. The van der Waals surface area contributed by atoms with Gasteiger partial charge in [-0.3, -0.25) is 0 Å². The van der Waals surface area contributed by atoms with Gasteiger partial charge >= 0.3 is 6.09 Å². The first-order chi connectivity index (χ1) is 12.3. The van der Waals surface area contributed by atoms with Crippen LogP contribution in [0.15, 0.2) is 5.51 Å². The van der Waals surface area contributed by atoms with E-state index in [4.69, 9.17) is 10.5 Å². The molecule has 140 valence electrons. The van der Waals surface area contributed by atoms with Gasteiger partial charge in [0, 0.05) is 19.6 Å². The third-order valence-corrected chi connectivity index (χ3v) is 5.76. The number of aromatic nitrogens is 3. The first kappa shape index (κ1) is 17.3. The zero-order chi connectivity index (χ0) is 18.5. The number of hydrogen-bond acceptors (Lipinski definition) is 8. The molecule has 1 saturated carbocycles. The molecule has 0 unspecified atom stereocenters. The van der Waals surface area contributed by atoms with Crippen molar-refractivity contribution in [1.82, 2.24) is 19.9 Å². The summed E-state index contributed by atoms with van der Waals surface area (Å²) in [5.41, 5.74) is 7.88. The Hall–Kier alpha value is -2.16. The molecule has 2 N–H and O–H groups in total. The minimum atomic E-state index is -0.491. The zero-order valence-corrected chi connectivity index (χ0v) is 16.2. The summed E-state index contributed by atoms with van der Waals surface area (Å²) in [6.45, 7) is 7.58. The van der Waals surface area contributed by atoms with Crippen LogP contribution in [-0.4, -0.2) is 56.7 Å². The van der Waals surface area contributed by atoms with Gasteiger partial charge in [-0.15, -0.1) is 11.3 Å². The number of carbonyl (C=O) groups is 1. The summed E-state index contributed by atoms with van der Waals surface area (Å²) >= 11 is 1.46. The Kier molecular flexibility index (Phi) is 3.94. The predicted molar refractivity (Wildman–Crippen MR) is 101 cm³/mol. The van der Waals surface area contributed by atoms with E-state index in [9.17, 15) is 4.79 Å². The number of nitrogens with zero attached hydrogens (tertiary/aromatic N) is 5. The maximum atomic E-state index is 12.5. The summed E-state index contributed by atoms with van der Waals surface area (Å²) in [5.74, 6) is 1.05. The smallest absolute Gasteiger partial charge is 0.410 e. The Morgan fingerprint density at radius 1 is 1.31 bits per heavy atom. The van der Waals surface area contributed by atoms with Crippen LogP contribution >= 0.6 is 11.3 Å². The lowest BCUT2D eigenvalue weighted by Crippen LogP contribution is -2.67. The minimum absolute atomic E-state index is 0.119. The Balaban J connectivity index is 1.63. The van der Waals surface area contributed by atoms with Crippen molar-refractivity contribution in [3.63, 3.8) is 0 Å². The lowest BCUT2D eigenvalue weighted by Gasteiger charge is -2.56. The van der Waals surface area contributed by atoms with Crippen LogP contribution in [-0.2, 0) is 4.74 Å². The molecule has 2 aromatic rings. The van der Waals surface area contributed by atoms with Gasteiger partial charge in [0.25, 0.3) is 0 Å². The van der Waals surface area contributed by atoms with Gasteiger partial charge in [0.15, 0.2) is 10.6 Å². The van der Waals surface area contributed by atoms with Gasteiger partial charge in [-0.1, -0.05) is 0 Å². The maximum absolute atomic E-state index is 12.5. The highest BCUT2D eigenvalue weighted by Gasteiger charge is 2.49. The average molecular weight is 376 g/mol. The van der Waals surface area contributed by atoms with E-state index in [1.807, 2.05) is 25.7 Å². The van der Waals surface area contributed by atoms with Gasteiger partial charge in [0.05, 0.1) is 11.0 Å². The highest BCUT2D eigenvalue weighted by Crippen LogP contribution is 2.44. The number of rotatable bonds is 1. The first-order valence-corrected chi connectivity index (χ1v) is 9.78. The van der Waals surface area contributed by atoms with Crippen LogP contribution in [0.3, 0.4) is 0 Å². The molecule has 1 aliphatic heterocycles. The lowest BCUT2D eigenvalue weighted by atomic mass is 9.73. The van der Waals surface area contributed by atoms with Gasteiger partial charge in [0.1, 0.15) is 11.1 Å². The fourth-order valence-electron chi connectivity index (χ4n) is 3.75. The van der Waals surface area contributed by atoms with Gasteiger partial charge in [0.2, 0.25) is 5.95 Å². The Morgan fingerprint density at radius 3 is 2.73 bits per heavy atom. The number of hydrogen-bond donors (Lipinski definition) is 1. The molecule has 2 aromatic heterocycles. The number of anilines is 2. The molecular weight excluding hydrogens is 352 g/mol. The van der Waals surface area contributed by atoms with E-state index in [1.165, 1.54) is 11.3 Å². The molecule has 2 fully saturated rings. The second-order valence-electron chi connectivity index (χ2n) is 8.04. The summed E-state index contributed by atoms with van der Waals surface area (Å²) in [7, 11) is 0. The van der Waals surface area contributed by atoms with Crippen molar-refractivity contribution in [1.29, 1.82) is 0 Å². The van der Waals surface area contributed by atoms with Crippen molar-refractivity contribution in [3.05, 3.63) is 5.51 Å². The standard InChI is InChI=1S/C17H24N6O2S/c1-16(2,3)25-15(24)22-7-8-23(17(9-22)5-4-6-17)12-11-13(26-10-19-11)21-14(18)20-12/h10H,4-9H2,1-3H3,(H2,18,20,21). The summed E-state index contributed by atoms with van der Waals surface area (Å²) in [6.07, 6.45) is 2.92. The molecule has 1 spiro atoms. The number of thiazole rings is 1. The van der Waals surface area contributed by atoms with E-state index in [-0.39, 0.29) is 17.6 Å². The second-order valence-corrected chi connectivity index (χ2v) is 8.88. The maximum Gasteiger partial charge on any atom is 0.410 e. The van der Waals surface area contributed by atoms with E-state index in [1.54, 1.807) is 5.51 Å². The number of amides is 1. The average Bonchev–Trinajstić information content (AvgIpc) is 2.98. The minimum Gasteiger partial charge on any atom is -0.444 e. The molecule has 1 saturated heterocycles. The summed E-state index contributed by atoms with van der Waals surface area (Å²) in [4.78, 5) is 30.7. The molecule has 0 radical (unpaired) electrons. The molecule has 2 aliphatic rings. The van der Waals surface area contributed by atoms with E-state index >= 15 is 0 Å². The van der Waals surface area contributed by atoms with E-state index in [0.29, 0.717) is 19.6 Å². The molecule has 0 bridgehead atoms. The van der Waals surface area contributed by atoms with E-state index in [0.717, 1.165) is 35.4 Å². The van der Waals surface area contributed by atoms with Crippen molar-refractivity contribution in [3.8, 4) is 0 Å². The fraction of sp³-hybridized carbons (Fsp3) is 0.647. The third-order valence-electron chi connectivity index (χ3n) is 5.04.